The van der Waals surface area contributed by atoms with Gasteiger partial charge in [0.15, 0.2) is 6.29 Å². The monoisotopic (exact) mass is 189 g/mol. The fraction of sp³-hybridized carbons (Fsp3) is 0.100. The number of aldehydes is 1. The fourth-order valence-corrected chi connectivity index (χ4v) is 1.18. The van der Waals surface area contributed by atoms with Gasteiger partial charge in [0.1, 0.15) is 6.07 Å². The predicted molar refractivity (Wildman–Crippen MR) is 48.2 cm³/mol. The highest BCUT2D eigenvalue weighted by Gasteiger charge is 2.10. The Morgan fingerprint density at radius 2 is 2.21 bits per heavy atom. The summed E-state index contributed by atoms with van der Waals surface area (Å²) in [5, 5.41) is 17.4. The highest BCUT2D eigenvalue weighted by atomic mass is 16.4. The Balaban J connectivity index is 3.48. The zero-order valence-electron chi connectivity index (χ0n) is 7.44. The first kappa shape index (κ1) is 9.93. The van der Waals surface area contributed by atoms with E-state index in [1.165, 1.54) is 12.1 Å². The van der Waals surface area contributed by atoms with Crippen molar-refractivity contribution in [3.05, 3.63) is 34.4 Å². The quantitative estimate of drug-likeness (QED) is 0.713. The molecule has 0 aliphatic heterocycles. The number of aryl methyl sites for hydroxylation is 1. The molecule has 0 atom stereocenters. The molecule has 0 aliphatic carbocycles. The second-order valence-electron chi connectivity index (χ2n) is 2.79. The van der Waals surface area contributed by atoms with E-state index < -0.39 is 5.97 Å². The van der Waals surface area contributed by atoms with E-state index in [0.717, 1.165) is 0 Å². The van der Waals surface area contributed by atoms with Crippen LogP contribution in [-0.2, 0) is 0 Å². The number of carbonyl (C=O) groups excluding carboxylic acids is 1. The molecule has 0 fully saturated rings. The van der Waals surface area contributed by atoms with Crippen LogP contribution in [0.4, 0.5) is 0 Å². The van der Waals surface area contributed by atoms with Gasteiger partial charge in [-0.3, -0.25) is 4.79 Å². The van der Waals surface area contributed by atoms with Gasteiger partial charge in [0.2, 0.25) is 0 Å². The Morgan fingerprint density at radius 1 is 1.57 bits per heavy atom. The molecule has 4 nitrogen and oxygen atoms in total. The molecule has 0 bridgehead atoms. The number of rotatable bonds is 2. The van der Waals surface area contributed by atoms with E-state index in [-0.39, 0.29) is 16.7 Å². The summed E-state index contributed by atoms with van der Waals surface area (Å²) in [7, 11) is 0. The number of carboxylic acids is 1. The maximum absolute atomic E-state index is 10.6. The molecule has 0 unspecified atom stereocenters. The Kier molecular flexibility index (Phi) is 2.63. The van der Waals surface area contributed by atoms with Gasteiger partial charge in [-0.15, -0.1) is 0 Å². The minimum absolute atomic E-state index is 0.0172. The van der Waals surface area contributed by atoms with Crippen LogP contribution in [0.2, 0.25) is 0 Å². The lowest BCUT2D eigenvalue weighted by Crippen LogP contribution is -2.01. The molecule has 0 saturated heterocycles. The summed E-state index contributed by atoms with van der Waals surface area (Å²) in [6, 6.07) is 4.42. The molecule has 1 aromatic rings. The largest absolute Gasteiger partial charge is 0.478 e. The van der Waals surface area contributed by atoms with Gasteiger partial charge < -0.3 is 5.11 Å². The van der Waals surface area contributed by atoms with Crippen molar-refractivity contribution in [1.82, 2.24) is 0 Å². The highest BCUT2D eigenvalue weighted by molar-refractivity contribution is 5.92. The molecule has 14 heavy (non-hydrogen) atoms. The standard InChI is InChI=1S/C10H7NO3/c1-6-2-7(10(13)14)3-8(5-12)9(6)4-11/h2-3,5H,1H3,(H,13,14). The molecule has 70 valence electrons. The third-order valence-corrected chi connectivity index (χ3v) is 1.85. The molecule has 4 heteroatoms. The van der Waals surface area contributed by atoms with Gasteiger partial charge in [-0.2, -0.15) is 5.26 Å². The van der Waals surface area contributed by atoms with Gasteiger partial charge in [0, 0.05) is 5.56 Å². The maximum atomic E-state index is 10.6. The van der Waals surface area contributed by atoms with E-state index >= 15 is 0 Å². The minimum Gasteiger partial charge on any atom is -0.478 e. The number of nitrogens with zero attached hydrogens (tertiary/aromatic N) is 1. The smallest absolute Gasteiger partial charge is 0.335 e. The summed E-state index contributed by atoms with van der Waals surface area (Å²) >= 11 is 0. The van der Waals surface area contributed by atoms with Crippen molar-refractivity contribution in [1.29, 1.82) is 5.26 Å². The number of hydrogen-bond acceptors (Lipinski definition) is 3. The van der Waals surface area contributed by atoms with E-state index in [9.17, 15) is 9.59 Å². The lowest BCUT2D eigenvalue weighted by atomic mass is 10.0. The van der Waals surface area contributed by atoms with Crippen molar-refractivity contribution < 1.29 is 14.7 Å². The first-order valence-electron chi connectivity index (χ1n) is 3.83. The van der Waals surface area contributed by atoms with Gasteiger partial charge in [-0.05, 0) is 24.6 Å². The number of benzene rings is 1. The van der Waals surface area contributed by atoms with Crippen LogP contribution in [0.3, 0.4) is 0 Å². The summed E-state index contributed by atoms with van der Waals surface area (Å²) in [5.41, 5.74) is 0.855. The van der Waals surface area contributed by atoms with Gasteiger partial charge >= 0.3 is 5.97 Å². The van der Waals surface area contributed by atoms with Crippen LogP contribution in [0.15, 0.2) is 12.1 Å². The van der Waals surface area contributed by atoms with Gasteiger partial charge in [0.05, 0.1) is 11.1 Å². The zero-order valence-corrected chi connectivity index (χ0v) is 7.44. The third kappa shape index (κ3) is 1.62. The van der Waals surface area contributed by atoms with Crippen LogP contribution in [0.1, 0.15) is 31.8 Å². The molecule has 0 saturated carbocycles. The lowest BCUT2D eigenvalue weighted by molar-refractivity contribution is 0.0697. The molecular formula is C10H7NO3. The molecular weight excluding hydrogens is 182 g/mol. The minimum atomic E-state index is -1.11. The van der Waals surface area contributed by atoms with Crippen molar-refractivity contribution in [2.24, 2.45) is 0 Å². The number of carbonyl (C=O) groups is 2. The molecule has 0 radical (unpaired) electrons. The summed E-state index contributed by atoms with van der Waals surface area (Å²) in [5.74, 6) is -1.11. The van der Waals surface area contributed by atoms with E-state index in [1.54, 1.807) is 6.92 Å². The van der Waals surface area contributed by atoms with E-state index in [4.69, 9.17) is 10.4 Å². The number of aromatic carboxylic acids is 1. The fourth-order valence-electron chi connectivity index (χ4n) is 1.18. The number of hydrogen-bond donors (Lipinski definition) is 1. The van der Waals surface area contributed by atoms with Gasteiger partial charge in [0.25, 0.3) is 0 Å². The Hall–Kier alpha value is -2.15. The first-order chi connectivity index (χ1) is 6.60. The predicted octanol–water partition coefficient (Wildman–Crippen LogP) is 1.38. The van der Waals surface area contributed by atoms with Crippen LogP contribution in [0.5, 0.6) is 0 Å². The SMILES string of the molecule is Cc1cc(C(=O)O)cc(C=O)c1C#N. The second-order valence-corrected chi connectivity index (χ2v) is 2.79. The lowest BCUT2D eigenvalue weighted by Gasteiger charge is -2.02. The summed E-state index contributed by atoms with van der Waals surface area (Å²) in [6.07, 6.45) is 0.484. The molecule has 1 rings (SSSR count). The van der Waals surface area contributed by atoms with Crippen LogP contribution in [-0.4, -0.2) is 17.4 Å². The topological polar surface area (TPSA) is 78.2 Å². The van der Waals surface area contributed by atoms with Crippen molar-refractivity contribution >= 4 is 12.3 Å². The Bertz CT molecular complexity index is 443. The summed E-state index contributed by atoms with van der Waals surface area (Å²) < 4.78 is 0. The molecule has 0 spiro atoms. The molecule has 0 amide bonds. The normalized spacial score (nSPS) is 9.14. The van der Waals surface area contributed by atoms with Crippen molar-refractivity contribution in [3.8, 4) is 6.07 Å². The maximum Gasteiger partial charge on any atom is 0.335 e. The summed E-state index contributed by atoms with van der Waals surface area (Å²) in [6.45, 7) is 1.60. The number of carboxylic acid groups (broad SMARTS) is 1. The van der Waals surface area contributed by atoms with Crippen molar-refractivity contribution in [2.75, 3.05) is 0 Å². The van der Waals surface area contributed by atoms with Gasteiger partial charge in [-0.25, -0.2) is 4.79 Å². The molecule has 0 heterocycles. The van der Waals surface area contributed by atoms with Crippen LogP contribution in [0.25, 0.3) is 0 Å². The Morgan fingerprint density at radius 3 is 2.64 bits per heavy atom. The average molecular weight is 189 g/mol. The van der Waals surface area contributed by atoms with Crippen LogP contribution >= 0.6 is 0 Å². The molecule has 0 aliphatic rings. The van der Waals surface area contributed by atoms with E-state index in [0.29, 0.717) is 11.8 Å². The van der Waals surface area contributed by atoms with Crippen molar-refractivity contribution in [3.63, 3.8) is 0 Å². The van der Waals surface area contributed by atoms with Gasteiger partial charge in [-0.1, -0.05) is 0 Å². The zero-order chi connectivity index (χ0) is 10.7. The molecule has 1 aromatic carbocycles. The highest BCUT2D eigenvalue weighted by Crippen LogP contribution is 2.14. The summed E-state index contributed by atoms with van der Waals surface area (Å²) in [4.78, 5) is 21.2. The van der Waals surface area contributed by atoms with E-state index in [2.05, 4.69) is 0 Å². The average Bonchev–Trinajstić information content (AvgIpc) is 2.16. The number of nitriles is 1. The van der Waals surface area contributed by atoms with Crippen molar-refractivity contribution in [2.45, 2.75) is 6.92 Å². The van der Waals surface area contributed by atoms with Crippen LogP contribution in [0, 0.1) is 18.3 Å². The molecule has 0 aromatic heterocycles. The Labute approximate surface area is 80.4 Å². The first-order valence-corrected chi connectivity index (χ1v) is 3.83. The van der Waals surface area contributed by atoms with E-state index in [1.807, 2.05) is 6.07 Å². The third-order valence-electron chi connectivity index (χ3n) is 1.85. The van der Waals surface area contributed by atoms with Crippen LogP contribution < -0.4 is 0 Å². The second kappa shape index (κ2) is 3.71. The molecule has 1 N–H and O–H groups in total.